The number of aromatic nitrogens is 2. The number of amides is 3. The van der Waals surface area contributed by atoms with Gasteiger partial charge in [-0.1, -0.05) is 30.3 Å². The van der Waals surface area contributed by atoms with Crippen LogP contribution in [0.15, 0.2) is 42.9 Å². The first-order valence-electron chi connectivity index (χ1n) is 9.78. The normalized spacial score (nSPS) is 13.4. The molecule has 1 heterocycles. The van der Waals surface area contributed by atoms with Crippen LogP contribution in [0.2, 0.25) is 0 Å². The van der Waals surface area contributed by atoms with E-state index in [4.69, 9.17) is 15.9 Å². The van der Waals surface area contributed by atoms with E-state index in [9.17, 15) is 19.2 Å². The summed E-state index contributed by atoms with van der Waals surface area (Å²) in [6.07, 6.45) is 2.99. The maximum atomic E-state index is 13.0. The monoisotopic (exact) mass is 446 g/mol. The second kappa shape index (κ2) is 12.2. The van der Waals surface area contributed by atoms with Crippen molar-refractivity contribution < 1.29 is 29.4 Å². The Morgan fingerprint density at radius 3 is 2.25 bits per heavy atom. The number of aromatic amines is 1. The number of rotatable bonds is 12. The first kappa shape index (κ1) is 24.5. The zero-order valence-electron chi connectivity index (χ0n) is 17.2. The molecule has 172 valence electrons. The van der Waals surface area contributed by atoms with E-state index in [0.29, 0.717) is 5.69 Å². The van der Waals surface area contributed by atoms with Crippen molar-refractivity contribution in [2.75, 3.05) is 13.2 Å². The number of hydrogen-bond acceptors (Lipinski definition) is 7. The number of hydrogen-bond donors (Lipinski definition) is 7. The Balaban J connectivity index is 2.19. The van der Waals surface area contributed by atoms with E-state index >= 15 is 0 Å². The van der Waals surface area contributed by atoms with Crippen LogP contribution in [-0.2, 0) is 32.0 Å². The summed E-state index contributed by atoms with van der Waals surface area (Å²) in [7, 11) is 0. The highest BCUT2D eigenvalue weighted by Gasteiger charge is 2.29. The molecule has 0 spiro atoms. The van der Waals surface area contributed by atoms with Crippen molar-refractivity contribution in [2.45, 2.75) is 31.0 Å². The standard InChI is InChI=1S/C20H26N6O6/c21-14(10-27)18(30)25-16(7-13-8-22-11-24-13)20(32)26-15(19(31)23-9-17(28)29)6-12-4-2-1-3-5-12/h1-5,8,11,14-16,27H,6-7,9-10,21H2,(H,22,24)(H,23,31)(H,25,30)(H,26,32)(H,28,29). The van der Waals surface area contributed by atoms with Gasteiger partial charge in [-0.2, -0.15) is 0 Å². The van der Waals surface area contributed by atoms with Crippen LogP contribution in [-0.4, -0.2) is 75.1 Å². The van der Waals surface area contributed by atoms with Gasteiger partial charge < -0.3 is 36.9 Å². The van der Waals surface area contributed by atoms with E-state index in [1.165, 1.54) is 12.5 Å². The van der Waals surface area contributed by atoms with Crippen molar-refractivity contribution in [2.24, 2.45) is 5.73 Å². The number of aliphatic hydroxyl groups is 1. The highest BCUT2D eigenvalue weighted by atomic mass is 16.4. The molecule has 0 saturated carbocycles. The van der Waals surface area contributed by atoms with Gasteiger partial charge in [0.2, 0.25) is 17.7 Å². The lowest BCUT2D eigenvalue weighted by molar-refractivity contribution is -0.138. The highest BCUT2D eigenvalue weighted by Crippen LogP contribution is 2.06. The topological polar surface area (TPSA) is 200 Å². The van der Waals surface area contributed by atoms with Crippen LogP contribution in [0, 0.1) is 0 Å². The molecule has 3 atom stereocenters. The maximum absolute atomic E-state index is 13.0. The molecule has 0 aliphatic heterocycles. The minimum atomic E-state index is -1.23. The van der Waals surface area contributed by atoms with Gasteiger partial charge in [0.25, 0.3) is 0 Å². The molecule has 0 radical (unpaired) electrons. The van der Waals surface area contributed by atoms with Crippen molar-refractivity contribution in [3.8, 4) is 0 Å². The Hall–Kier alpha value is -3.77. The van der Waals surface area contributed by atoms with Crippen molar-refractivity contribution in [3.63, 3.8) is 0 Å². The number of benzene rings is 1. The first-order chi connectivity index (χ1) is 15.3. The van der Waals surface area contributed by atoms with Crippen LogP contribution in [0.1, 0.15) is 11.3 Å². The maximum Gasteiger partial charge on any atom is 0.322 e. The molecule has 0 fully saturated rings. The average Bonchev–Trinajstić information content (AvgIpc) is 3.29. The third-order valence-electron chi connectivity index (χ3n) is 4.47. The van der Waals surface area contributed by atoms with Gasteiger partial charge in [-0.15, -0.1) is 0 Å². The summed E-state index contributed by atoms with van der Waals surface area (Å²) in [6, 6.07) is 5.37. The first-order valence-corrected chi connectivity index (χ1v) is 9.78. The number of aliphatic hydroxyl groups excluding tert-OH is 1. The highest BCUT2D eigenvalue weighted by molar-refractivity contribution is 5.94. The third kappa shape index (κ3) is 7.81. The van der Waals surface area contributed by atoms with E-state index in [2.05, 4.69) is 25.9 Å². The van der Waals surface area contributed by atoms with E-state index in [-0.39, 0.29) is 12.8 Å². The number of H-pyrrole nitrogens is 1. The predicted molar refractivity (Wildman–Crippen MR) is 112 cm³/mol. The second-order valence-corrected chi connectivity index (χ2v) is 6.99. The number of carboxylic acid groups (broad SMARTS) is 1. The fraction of sp³-hybridized carbons (Fsp3) is 0.350. The van der Waals surface area contributed by atoms with Crippen LogP contribution in [0.25, 0.3) is 0 Å². The second-order valence-electron chi connectivity index (χ2n) is 6.99. The molecule has 0 saturated heterocycles. The summed E-state index contributed by atoms with van der Waals surface area (Å²) in [5, 5.41) is 25.2. The number of nitrogens with two attached hydrogens (primary N) is 1. The summed E-state index contributed by atoms with van der Waals surface area (Å²) < 4.78 is 0. The molecule has 2 aromatic rings. The Morgan fingerprint density at radius 2 is 1.66 bits per heavy atom. The fourth-order valence-corrected chi connectivity index (χ4v) is 2.80. The van der Waals surface area contributed by atoms with Crippen LogP contribution in [0.4, 0.5) is 0 Å². The van der Waals surface area contributed by atoms with E-state index < -0.39 is 55.0 Å². The number of nitrogens with one attached hydrogen (secondary N) is 4. The summed E-state index contributed by atoms with van der Waals surface area (Å²) in [5.41, 5.74) is 6.80. The van der Waals surface area contributed by atoms with E-state index in [1.807, 2.05) is 0 Å². The molecule has 12 heteroatoms. The minimum absolute atomic E-state index is 0.0184. The molecule has 1 aromatic heterocycles. The molecule has 3 amide bonds. The van der Waals surface area contributed by atoms with Gasteiger partial charge >= 0.3 is 5.97 Å². The fourth-order valence-electron chi connectivity index (χ4n) is 2.80. The van der Waals surface area contributed by atoms with Crippen molar-refractivity contribution >= 4 is 23.7 Å². The number of carboxylic acids is 1. The molecule has 8 N–H and O–H groups in total. The third-order valence-corrected chi connectivity index (χ3v) is 4.47. The molecule has 2 rings (SSSR count). The molecule has 1 aromatic carbocycles. The van der Waals surface area contributed by atoms with Crippen molar-refractivity contribution in [3.05, 3.63) is 54.1 Å². The van der Waals surface area contributed by atoms with E-state index in [0.717, 1.165) is 5.56 Å². The number of carbonyl (C=O) groups is 4. The molecule has 12 nitrogen and oxygen atoms in total. The van der Waals surface area contributed by atoms with Gasteiger partial charge in [0.15, 0.2) is 0 Å². The lowest BCUT2D eigenvalue weighted by Crippen LogP contribution is -2.57. The zero-order chi connectivity index (χ0) is 23.5. The molecule has 0 bridgehead atoms. The predicted octanol–water partition coefficient (Wildman–Crippen LogP) is -2.32. The van der Waals surface area contributed by atoms with E-state index in [1.54, 1.807) is 30.3 Å². The van der Waals surface area contributed by atoms with Gasteiger partial charge in [-0.25, -0.2) is 4.98 Å². The molecule has 32 heavy (non-hydrogen) atoms. The Kier molecular flexibility index (Phi) is 9.32. The van der Waals surface area contributed by atoms with Crippen molar-refractivity contribution in [1.82, 2.24) is 25.9 Å². The van der Waals surface area contributed by atoms with Gasteiger partial charge in [0, 0.05) is 24.7 Å². The molecule has 3 unspecified atom stereocenters. The summed E-state index contributed by atoms with van der Waals surface area (Å²) in [6.45, 7) is -1.22. The Bertz CT molecular complexity index is 905. The molecular weight excluding hydrogens is 420 g/mol. The largest absolute Gasteiger partial charge is 0.480 e. The van der Waals surface area contributed by atoms with Gasteiger partial charge in [-0.3, -0.25) is 19.2 Å². The Labute approximate surface area is 183 Å². The van der Waals surface area contributed by atoms with Crippen LogP contribution >= 0.6 is 0 Å². The smallest absolute Gasteiger partial charge is 0.322 e. The average molecular weight is 446 g/mol. The lowest BCUT2D eigenvalue weighted by atomic mass is 10.0. The van der Waals surface area contributed by atoms with Gasteiger partial charge in [0.1, 0.15) is 24.7 Å². The minimum Gasteiger partial charge on any atom is -0.480 e. The summed E-state index contributed by atoms with van der Waals surface area (Å²) >= 11 is 0. The molecule has 0 aliphatic carbocycles. The van der Waals surface area contributed by atoms with Crippen LogP contribution < -0.4 is 21.7 Å². The molecular formula is C20H26N6O6. The number of aliphatic carboxylic acids is 1. The Morgan fingerprint density at radius 1 is 1.00 bits per heavy atom. The lowest BCUT2D eigenvalue weighted by Gasteiger charge is -2.23. The molecule has 0 aliphatic rings. The summed E-state index contributed by atoms with van der Waals surface area (Å²) in [4.78, 5) is 55.2. The summed E-state index contributed by atoms with van der Waals surface area (Å²) in [5.74, 6) is -3.36. The van der Waals surface area contributed by atoms with Crippen LogP contribution in [0.5, 0.6) is 0 Å². The number of carbonyl (C=O) groups excluding carboxylic acids is 3. The zero-order valence-corrected chi connectivity index (χ0v) is 17.2. The van der Waals surface area contributed by atoms with Gasteiger partial charge in [0.05, 0.1) is 12.9 Å². The van der Waals surface area contributed by atoms with Crippen LogP contribution in [0.3, 0.4) is 0 Å². The number of imidazole rings is 1. The van der Waals surface area contributed by atoms with Gasteiger partial charge in [-0.05, 0) is 5.56 Å². The number of nitrogens with zero attached hydrogens (tertiary/aromatic N) is 1. The quantitative estimate of drug-likeness (QED) is 0.188. The van der Waals surface area contributed by atoms with Crippen molar-refractivity contribution in [1.29, 1.82) is 0 Å². The SMILES string of the molecule is NC(CO)C(=O)NC(Cc1cnc[nH]1)C(=O)NC(Cc1ccccc1)C(=O)NCC(=O)O.